The van der Waals surface area contributed by atoms with Gasteiger partial charge in [0, 0.05) is 46.4 Å². The minimum absolute atomic E-state index is 0.0250. The summed E-state index contributed by atoms with van der Waals surface area (Å²) in [5.41, 5.74) is 0.700. The lowest BCUT2D eigenvalue weighted by molar-refractivity contribution is -0.164. The largest absolute Gasteiger partial charge is 0.444 e. The third-order valence-corrected chi connectivity index (χ3v) is 16.6. The van der Waals surface area contributed by atoms with Crippen LogP contribution in [0.5, 0.6) is 0 Å². The summed E-state index contributed by atoms with van der Waals surface area (Å²) in [6.07, 6.45) is 7.06. The number of aromatic nitrogens is 2. The van der Waals surface area contributed by atoms with Crippen molar-refractivity contribution in [1.29, 1.82) is 0 Å². The zero-order valence-electron chi connectivity index (χ0n) is 30.4. The Balaban J connectivity index is 1.25. The van der Waals surface area contributed by atoms with Crippen molar-refractivity contribution in [3.05, 3.63) is 27.3 Å². The Morgan fingerprint density at radius 3 is 2.55 bits per heavy atom. The first kappa shape index (κ1) is 38.2. The number of benzene rings is 1. The number of nitrogens with one attached hydrogen (secondary N) is 1. The second-order valence-corrected chi connectivity index (χ2v) is 22.7. The molecular weight excluding hydrogens is 728 g/mol. The molecular formula is C36H54BrClN4O6Si. The maximum atomic E-state index is 14.0. The molecule has 49 heavy (non-hydrogen) atoms. The minimum atomic E-state index is -2.19. The van der Waals surface area contributed by atoms with Crippen LogP contribution < -0.4 is 5.32 Å². The first-order chi connectivity index (χ1) is 22.8. The first-order valence-corrected chi connectivity index (χ1v) is 21.8. The van der Waals surface area contributed by atoms with E-state index in [1.165, 1.54) is 0 Å². The minimum Gasteiger partial charge on any atom is -0.444 e. The van der Waals surface area contributed by atoms with Crippen molar-refractivity contribution in [2.24, 2.45) is 11.3 Å². The van der Waals surface area contributed by atoms with Crippen LogP contribution in [0.3, 0.4) is 0 Å². The Hall–Kier alpha value is -1.99. The third kappa shape index (κ3) is 8.40. The van der Waals surface area contributed by atoms with E-state index < -0.39 is 25.3 Å². The molecule has 5 rings (SSSR count). The molecule has 1 saturated carbocycles. The van der Waals surface area contributed by atoms with Crippen molar-refractivity contribution in [2.45, 2.75) is 129 Å². The number of nitrogens with zero attached hydrogens (tertiary/aromatic N) is 3. The van der Waals surface area contributed by atoms with Crippen LogP contribution in [-0.4, -0.2) is 78.7 Å². The molecule has 0 bridgehead atoms. The number of ketones is 1. The van der Waals surface area contributed by atoms with E-state index in [2.05, 4.69) is 60.2 Å². The Kier molecular flexibility index (Phi) is 11.4. The molecule has 4 atom stereocenters. The highest BCUT2D eigenvalue weighted by Crippen LogP contribution is 2.56. The lowest BCUT2D eigenvalue weighted by atomic mass is 9.54. The van der Waals surface area contributed by atoms with Crippen molar-refractivity contribution < 1.29 is 28.3 Å². The van der Waals surface area contributed by atoms with E-state index in [1.807, 2.05) is 37.7 Å². The van der Waals surface area contributed by atoms with Crippen LogP contribution in [0.4, 0.5) is 4.79 Å². The van der Waals surface area contributed by atoms with Crippen LogP contribution in [0.2, 0.25) is 23.2 Å². The number of ether oxygens (including phenoxy) is 2. The van der Waals surface area contributed by atoms with Gasteiger partial charge < -0.3 is 24.1 Å². The average molecular weight is 782 g/mol. The number of likely N-dealkylation sites (tertiary alicyclic amines) is 1. The summed E-state index contributed by atoms with van der Waals surface area (Å²) in [7, 11) is -2.19. The summed E-state index contributed by atoms with van der Waals surface area (Å²) < 4.78 is 21.2. The molecule has 4 unspecified atom stereocenters. The molecule has 1 aliphatic carbocycles. The van der Waals surface area contributed by atoms with Gasteiger partial charge in [-0.3, -0.25) is 9.59 Å². The van der Waals surface area contributed by atoms with Gasteiger partial charge in [0.05, 0.1) is 30.3 Å². The number of hydrogen-bond acceptors (Lipinski definition) is 7. The van der Waals surface area contributed by atoms with Gasteiger partial charge in [-0.2, -0.15) is 5.10 Å². The molecule has 2 aromatic rings. The van der Waals surface area contributed by atoms with E-state index >= 15 is 0 Å². The van der Waals surface area contributed by atoms with Gasteiger partial charge in [0.25, 0.3) is 0 Å². The molecule has 3 aliphatic rings. The quantitative estimate of drug-likeness (QED) is 0.256. The van der Waals surface area contributed by atoms with Crippen molar-refractivity contribution in [3.63, 3.8) is 0 Å². The van der Waals surface area contributed by atoms with Gasteiger partial charge in [-0.15, -0.1) is 0 Å². The predicted molar refractivity (Wildman–Crippen MR) is 197 cm³/mol. The normalized spacial score (nSPS) is 24.9. The average Bonchev–Trinajstić information content (AvgIpc) is 3.42. The number of fused-ring (bicyclic) bond motifs is 1. The molecule has 10 nitrogen and oxygen atoms in total. The predicted octanol–water partition coefficient (Wildman–Crippen LogP) is 8.20. The Morgan fingerprint density at radius 2 is 1.90 bits per heavy atom. The standard InChI is InChI=1S/C36H54BrClN4O6Si/c1-34(2,3)47-33(45)41-16-11-15-36(22-41)19-28(48-49(7,8)35(4,5)6)30(36)32(44)39-20-23(43)13-14-24-26(38)18-27-25(31(24)37)21-40-42(27)29-12-9-10-17-46-29/h18,21,28-30H,9-17,19-20,22H2,1-8H3,(H,39,44). The number of piperidine rings is 1. The van der Waals surface area contributed by atoms with Crippen LogP contribution in [0, 0.1) is 11.3 Å². The number of halogens is 2. The molecule has 1 N–H and O–H groups in total. The zero-order valence-corrected chi connectivity index (χ0v) is 33.8. The van der Waals surface area contributed by atoms with Crippen molar-refractivity contribution in [2.75, 3.05) is 26.2 Å². The topological polar surface area (TPSA) is 112 Å². The summed E-state index contributed by atoms with van der Waals surface area (Å²) >= 11 is 10.5. The molecule has 2 amide bonds. The molecule has 2 saturated heterocycles. The molecule has 2 aliphatic heterocycles. The maximum Gasteiger partial charge on any atom is 0.410 e. The summed E-state index contributed by atoms with van der Waals surface area (Å²) in [4.78, 5) is 42.0. The Morgan fingerprint density at radius 1 is 1.16 bits per heavy atom. The number of amides is 2. The summed E-state index contributed by atoms with van der Waals surface area (Å²) in [5, 5.41) is 9.02. The van der Waals surface area contributed by atoms with Gasteiger partial charge in [-0.25, -0.2) is 9.48 Å². The number of carbonyl (C=O) groups excluding carboxylic acids is 3. The zero-order chi connectivity index (χ0) is 35.9. The number of rotatable bonds is 9. The van der Waals surface area contributed by atoms with E-state index in [-0.39, 0.29) is 48.1 Å². The second-order valence-electron chi connectivity index (χ2n) is 16.7. The smallest absolute Gasteiger partial charge is 0.410 e. The SMILES string of the molecule is CC(C)(C)OC(=O)N1CCCC2(CC(O[Si](C)(C)C(C)(C)C)C2C(=O)NCC(=O)CCc2c(Cl)cc3c(cnn3C3CCCCO3)c2Br)C1. The molecule has 3 fully saturated rings. The van der Waals surface area contributed by atoms with Gasteiger partial charge in [-0.05, 0) is 111 Å². The fraction of sp³-hybridized carbons (Fsp3) is 0.722. The number of Topliss-reactive ketones (excluding diaryl/α,β-unsaturated/α-hetero) is 1. The van der Waals surface area contributed by atoms with Crippen LogP contribution in [0.1, 0.15) is 98.3 Å². The highest BCUT2D eigenvalue weighted by Gasteiger charge is 2.61. The molecule has 13 heteroatoms. The van der Waals surface area contributed by atoms with E-state index in [0.717, 1.165) is 53.0 Å². The van der Waals surface area contributed by atoms with E-state index in [9.17, 15) is 14.4 Å². The van der Waals surface area contributed by atoms with Gasteiger partial charge in [0.2, 0.25) is 5.91 Å². The third-order valence-electron chi connectivity index (χ3n) is 10.9. The van der Waals surface area contributed by atoms with Gasteiger partial charge >= 0.3 is 6.09 Å². The second kappa shape index (κ2) is 14.6. The molecule has 1 spiro atoms. The van der Waals surface area contributed by atoms with Gasteiger partial charge in [0.15, 0.2) is 20.3 Å². The lowest BCUT2D eigenvalue weighted by Crippen LogP contribution is -2.67. The number of hydrogen-bond donors (Lipinski definition) is 1. The van der Waals surface area contributed by atoms with Crippen LogP contribution in [0.25, 0.3) is 10.9 Å². The molecule has 0 radical (unpaired) electrons. The van der Waals surface area contributed by atoms with E-state index in [4.69, 9.17) is 25.5 Å². The van der Waals surface area contributed by atoms with Gasteiger partial charge in [0.1, 0.15) is 5.60 Å². The fourth-order valence-corrected chi connectivity index (χ4v) is 9.69. The summed E-state index contributed by atoms with van der Waals surface area (Å²) in [6, 6.07) is 1.90. The molecule has 3 heterocycles. The van der Waals surface area contributed by atoms with Crippen molar-refractivity contribution in [3.8, 4) is 0 Å². The maximum absolute atomic E-state index is 14.0. The summed E-state index contributed by atoms with van der Waals surface area (Å²) in [5.74, 6) is -0.736. The van der Waals surface area contributed by atoms with Crippen LogP contribution >= 0.6 is 27.5 Å². The van der Waals surface area contributed by atoms with Crippen molar-refractivity contribution >= 4 is 64.5 Å². The van der Waals surface area contributed by atoms with Crippen LogP contribution in [-0.2, 0) is 29.9 Å². The van der Waals surface area contributed by atoms with Crippen LogP contribution in [0.15, 0.2) is 16.7 Å². The Labute approximate surface area is 305 Å². The summed E-state index contributed by atoms with van der Waals surface area (Å²) in [6.45, 7) is 18.2. The first-order valence-electron chi connectivity index (χ1n) is 17.7. The van der Waals surface area contributed by atoms with E-state index in [1.54, 1.807) is 4.90 Å². The monoisotopic (exact) mass is 780 g/mol. The molecule has 1 aromatic carbocycles. The van der Waals surface area contributed by atoms with E-state index in [0.29, 0.717) is 37.6 Å². The molecule has 1 aromatic heterocycles. The Bertz CT molecular complexity index is 1560. The molecule has 272 valence electrons. The highest BCUT2D eigenvalue weighted by molar-refractivity contribution is 9.10. The highest BCUT2D eigenvalue weighted by atomic mass is 79.9. The lowest BCUT2D eigenvalue weighted by Gasteiger charge is -2.59. The number of carbonyl (C=O) groups is 3. The van der Waals surface area contributed by atoms with Crippen molar-refractivity contribution in [1.82, 2.24) is 20.0 Å². The fourth-order valence-electron chi connectivity index (χ4n) is 7.24. The van der Waals surface area contributed by atoms with Gasteiger partial charge in [-0.1, -0.05) is 32.4 Å².